The normalized spacial score (nSPS) is 13.7. The molecule has 0 aliphatic carbocycles. The molecule has 1 atom stereocenters. The van der Waals surface area contributed by atoms with Crippen LogP contribution >= 0.6 is 15.9 Å². The first-order valence-corrected chi connectivity index (χ1v) is 7.73. The Bertz CT molecular complexity index is 586. The molecule has 21 heavy (non-hydrogen) atoms. The summed E-state index contributed by atoms with van der Waals surface area (Å²) >= 11 is 3.51. The average Bonchev–Trinajstić information content (AvgIpc) is 2.49. The van der Waals surface area contributed by atoms with Crippen LogP contribution in [-0.4, -0.2) is 22.4 Å². The predicted octanol–water partition coefficient (Wildman–Crippen LogP) is 3.95. The van der Waals surface area contributed by atoms with Gasteiger partial charge in [0.15, 0.2) is 0 Å². The number of hydrogen-bond acceptors (Lipinski definition) is 3. The molecule has 0 saturated heterocycles. The number of aromatic hydroxyl groups is 1. The summed E-state index contributed by atoms with van der Waals surface area (Å²) in [6, 6.07) is 15.1. The number of phenolic OH excluding ortho intramolecular Hbond substituents is 1. The molecule has 3 nitrogen and oxygen atoms in total. The zero-order chi connectivity index (χ0) is 15.3. The Hall–Kier alpha value is -1.52. The molecule has 0 fully saturated rings. The molecule has 4 heteroatoms. The second kappa shape index (κ2) is 6.96. The highest BCUT2D eigenvalue weighted by Gasteiger charge is 2.23. The molecule has 0 aliphatic rings. The molecule has 2 rings (SSSR count). The summed E-state index contributed by atoms with van der Waals surface area (Å²) in [5.74, 6) is 0.273. The molecule has 0 aliphatic heterocycles. The van der Waals surface area contributed by atoms with Crippen molar-refractivity contribution in [2.75, 3.05) is 11.9 Å². The maximum absolute atomic E-state index is 9.74. The van der Waals surface area contributed by atoms with E-state index in [1.54, 1.807) is 12.1 Å². The van der Waals surface area contributed by atoms with Crippen LogP contribution in [0.25, 0.3) is 0 Å². The quantitative estimate of drug-likeness (QED) is 0.739. The lowest BCUT2D eigenvalue weighted by atomic mass is 9.93. The van der Waals surface area contributed by atoms with Crippen molar-refractivity contribution in [2.45, 2.75) is 25.3 Å². The lowest BCUT2D eigenvalue weighted by molar-refractivity contribution is 0.215. The van der Waals surface area contributed by atoms with E-state index in [1.807, 2.05) is 43.3 Å². The Morgan fingerprint density at radius 3 is 2.38 bits per heavy atom. The molecule has 2 aromatic rings. The molecule has 0 saturated carbocycles. The SMILES string of the molecule is CC(CO)(CCc1ccc(O)cc1)Nc1ccccc1Br. The minimum absolute atomic E-state index is 0.0480. The van der Waals surface area contributed by atoms with Crippen LogP contribution in [0.3, 0.4) is 0 Å². The largest absolute Gasteiger partial charge is 0.508 e. The fourth-order valence-corrected chi connectivity index (χ4v) is 2.54. The number of aryl methyl sites for hydroxylation is 1. The second-order valence-electron chi connectivity index (χ2n) is 5.49. The number of phenols is 1. The monoisotopic (exact) mass is 349 g/mol. The molecule has 0 spiro atoms. The van der Waals surface area contributed by atoms with Crippen molar-refractivity contribution in [2.24, 2.45) is 0 Å². The zero-order valence-corrected chi connectivity index (χ0v) is 13.6. The minimum Gasteiger partial charge on any atom is -0.508 e. The number of hydrogen-bond donors (Lipinski definition) is 3. The first-order valence-electron chi connectivity index (χ1n) is 6.94. The number of rotatable bonds is 6. The van der Waals surface area contributed by atoms with E-state index in [9.17, 15) is 10.2 Å². The third-order valence-corrected chi connectivity index (χ3v) is 4.25. The molecule has 1 unspecified atom stereocenters. The van der Waals surface area contributed by atoms with Crippen LogP contribution in [0.4, 0.5) is 5.69 Å². The number of benzene rings is 2. The molecule has 0 radical (unpaired) electrons. The summed E-state index contributed by atoms with van der Waals surface area (Å²) in [5.41, 5.74) is 1.71. The summed E-state index contributed by atoms with van der Waals surface area (Å²) in [4.78, 5) is 0. The molecule has 0 bridgehead atoms. The fourth-order valence-electron chi connectivity index (χ4n) is 2.15. The number of halogens is 1. The summed E-state index contributed by atoms with van der Waals surface area (Å²) in [6.45, 7) is 2.05. The molecular weight excluding hydrogens is 330 g/mol. The Balaban J connectivity index is 2.03. The van der Waals surface area contributed by atoms with Gasteiger partial charge in [-0.1, -0.05) is 24.3 Å². The lowest BCUT2D eigenvalue weighted by Gasteiger charge is -2.30. The Kier molecular flexibility index (Phi) is 5.26. The molecule has 112 valence electrons. The molecule has 0 aromatic heterocycles. The van der Waals surface area contributed by atoms with Crippen molar-refractivity contribution >= 4 is 21.6 Å². The van der Waals surface area contributed by atoms with E-state index < -0.39 is 5.54 Å². The van der Waals surface area contributed by atoms with E-state index in [0.29, 0.717) is 0 Å². The predicted molar refractivity (Wildman–Crippen MR) is 89.7 cm³/mol. The molecule has 0 amide bonds. The van der Waals surface area contributed by atoms with Crippen LogP contribution in [0.5, 0.6) is 5.75 Å². The number of anilines is 1. The van der Waals surface area contributed by atoms with Gasteiger partial charge >= 0.3 is 0 Å². The van der Waals surface area contributed by atoms with Crippen LogP contribution in [0, 0.1) is 0 Å². The van der Waals surface area contributed by atoms with Gasteiger partial charge < -0.3 is 15.5 Å². The highest BCUT2D eigenvalue weighted by Crippen LogP contribution is 2.27. The third-order valence-electron chi connectivity index (χ3n) is 3.56. The Morgan fingerprint density at radius 1 is 1.10 bits per heavy atom. The maximum atomic E-state index is 9.74. The average molecular weight is 350 g/mol. The molecular formula is C17H20BrNO2. The van der Waals surface area contributed by atoms with Gasteiger partial charge in [0.2, 0.25) is 0 Å². The van der Waals surface area contributed by atoms with Gasteiger partial charge in [0.05, 0.1) is 12.1 Å². The second-order valence-corrected chi connectivity index (χ2v) is 6.34. The van der Waals surface area contributed by atoms with Crippen molar-refractivity contribution in [3.63, 3.8) is 0 Å². The van der Waals surface area contributed by atoms with E-state index in [1.165, 1.54) is 0 Å². The summed E-state index contributed by atoms with van der Waals surface area (Å²) in [7, 11) is 0. The van der Waals surface area contributed by atoms with Crippen LogP contribution in [0.15, 0.2) is 53.0 Å². The van der Waals surface area contributed by atoms with Gasteiger partial charge in [-0.05, 0) is 65.5 Å². The highest BCUT2D eigenvalue weighted by atomic mass is 79.9. The first-order chi connectivity index (χ1) is 10.0. The van der Waals surface area contributed by atoms with Crippen molar-refractivity contribution in [1.29, 1.82) is 0 Å². The Morgan fingerprint density at radius 2 is 1.76 bits per heavy atom. The van der Waals surface area contributed by atoms with Crippen molar-refractivity contribution in [1.82, 2.24) is 0 Å². The number of aliphatic hydroxyl groups is 1. The van der Waals surface area contributed by atoms with E-state index in [4.69, 9.17) is 0 Å². The minimum atomic E-state index is -0.401. The van der Waals surface area contributed by atoms with Crippen molar-refractivity contribution < 1.29 is 10.2 Å². The topological polar surface area (TPSA) is 52.5 Å². The van der Waals surface area contributed by atoms with Crippen molar-refractivity contribution in [3.05, 3.63) is 58.6 Å². The van der Waals surface area contributed by atoms with Crippen LogP contribution in [-0.2, 0) is 6.42 Å². The number of aliphatic hydroxyl groups excluding tert-OH is 1. The van der Waals surface area contributed by atoms with E-state index in [0.717, 1.165) is 28.6 Å². The summed E-state index contributed by atoms with van der Waals surface area (Å²) < 4.78 is 0.981. The van der Waals surface area contributed by atoms with Crippen molar-refractivity contribution in [3.8, 4) is 5.75 Å². The van der Waals surface area contributed by atoms with Crippen LogP contribution in [0.1, 0.15) is 18.9 Å². The van der Waals surface area contributed by atoms with Crippen LogP contribution in [0.2, 0.25) is 0 Å². The lowest BCUT2D eigenvalue weighted by Crippen LogP contribution is -2.39. The van der Waals surface area contributed by atoms with Gasteiger partial charge in [0.1, 0.15) is 5.75 Å². The Labute approximate surface area is 133 Å². The van der Waals surface area contributed by atoms with Gasteiger partial charge in [-0.15, -0.1) is 0 Å². The zero-order valence-electron chi connectivity index (χ0n) is 12.0. The third kappa shape index (κ3) is 4.48. The van der Waals surface area contributed by atoms with Gasteiger partial charge in [0, 0.05) is 10.2 Å². The number of para-hydroxylation sites is 1. The van der Waals surface area contributed by atoms with Crippen LogP contribution < -0.4 is 5.32 Å². The first kappa shape index (κ1) is 15.9. The molecule has 2 aromatic carbocycles. The van der Waals surface area contributed by atoms with E-state index in [2.05, 4.69) is 21.2 Å². The maximum Gasteiger partial charge on any atom is 0.115 e. The molecule has 0 heterocycles. The smallest absolute Gasteiger partial charge is 0.115 e. The summed E-state index contributed by atoms with van der Waals surface area (Å²) in [6.07, 6.45) is 1.62. The van der Waals surface area contributed by atoms with Gasteiger partial charge in [0.25, 0.3) is 0 Å². The van der Waals surface area contributed by atoms with Gasteiger partial charge in [-0.2, -0.15) is 0 Å². The summed E-state index contributed by atoms with van der Waals surface area (Å²) in [5, 5.41) is 22.4. The standard InChI is InChI=1S/C17H20BrNO2/c1-17(12-20,19-16-5-3-2-4-15(16)18)11-10-13-6-8-14(21)9-7-13/h2-9,19-21H,10-12H2,1H3. The van der Waals surface area contributed by atoms with Gasteiger partial charge in [-0.3, -0.25) is 0 Å². The highest BCUT2D eigenvalue weighted by molar-refractivity contribution is 9.10. The van der Waals surface area contributed by atoms with E-state index >= 15 is 0 Å². The van der Waals surface area contributed by atoms with E-state index in [-0.39, 0.29) is 12.4 Å². The van der Waals surface area contributed by atoms with Gasteiger partial charge in [-0.25, -0.2) is 0 Å². The number of nitrogens with one attached hydrogen (secondary N) is 1. The molecule has 3 N–H and O–H groups in total. The fraction of sp³-hybridized carbons (Fsp3) is 0.294.